The summed E-state index contributed by atoms with van der Waals surface area (Å²) in [6, 6.07) is 6.79. The van der Waals surface area contributed by atoms with Crippen molar-refractivity contribution < 1.29 is 13.2 Å². The lowest BCUT2D eigenvalue weighted by molar-refractivity contribution is 0.398. The highest BCUT2D eigenvalue weighted by Crippen LogP contribution is 2.17. The molecule has 3 heterocycles. The van der Waals surface area contributed by atoms with E-state index in [-0.39, 0.29) is 4.90 Å². The van der Waals surface area contributed by atoms with Crippen LogP contribution < -0.4 is 9.46 Å². The predicted molar refractivity (Wildman–Crippen MR) is 87.7 cm³/mol. The molecule has 0 aromatic carbocycles. The van der Waals surface area contributed by atoms with Crippen LogP contribution in [0.15, 0.2) is 53.9 Å². The smallest absolute Gasteiger partial charge is 0.265 e. The quantitative estimate of drug-likeness (QED) is 0.757. The number of hydrogen-bond acceptors (Lipinski definition) is 6. The maximum absolute atomic E-state index is 12.4. The number of pyridine rings is 2. The molecule has 124 valence electrons. The summed E-state index contributed by atoms with van der Waals surface area (Å²) in [5.41, 5.74) is 1.33. The van der Waals surface area contributed by atoms with Crippen LogP contribution in [-0.2, 0) is 10.0 Å². The number of rotatable bonds is 5. The molecule has 0 aliphatic carbocycles. The molecule has 24 heavy (non-hydrogen) atoms. The molecule has 0 bridgehead atoms. The highest BCUT2D eigenvalue weighted by Gasteiger charge is 2.17. The minimum Gasteiger partial charge on any atom is -0.481 e. The van der Waals surface area contributed by atoms with E-state index in [1.54, 1.807) is 18.3 Å². The Morgan fingerprint density at radius 2 is 2.00 bits per heavy atom. The van der Waals surface area contributed by atoms with Crippen molar-refractivity contribution in [2.45, 2.75) is 11.8 Å². The number of nitrogens with one attached hydrogen (secondary N) is 1. The first-order valence-corrected chi connectivity index (χ1v) is 8.47. The van der Waals surface area contributed by atoms with Crippen molar-refractivity contribution in [3.05, 3.63) is 54.6 Å². The number of sulfonamides is 1. The zero-order valence-electron chi connectivity index (χ0n) is 13.0. The van der Waals surface area contributed by atoms with E-state index in [4.69, 9.17) is 4.74 Å². The lowest BCUT2D eigenvalue weighted by Crippen LogP contribution is -2.12. The summed E-state index contributed by atoms with van der Waals surface area (Å²) in [6.45, 7) is 1.92. The first kappa shape index (κ1) is 15.9. The molecule has 0 unspecified atom stereocenters. The van der Waals surface area contributed by atoms with Crippen molar-refractivity contribution in [2.75, 3.05) is 11.8 Å². The van der Waals surface area contributed by atoms with E-state index in [0.717, 1.165) is 5.56 Å². The number of methoxy groups -OCH3 is 1. The minimum atomic E-state index is -3.77. The summed E-state index contributed by atoms with van der Waals surface area (Å²) in [7, 11) is -2.29. The molecule has 0 aliphatic heterocycles. The molecule has 0 amide bonds. The molecule has 0 spiro atoms. The third-order valence-electron chi connectivity index (χ3n) is 3.20. The van der Waals surface area contributed by atoms with Crippen LogP contribution in [0.4, 0.5) is 5.69 Å². The fourth-order valence-electron chi connectivity index (χ4n) is 1.99. The fraction of sp³-hybridized carbons (Fsp3) is 0.133. The third-order valence-corrected chi connectivity index (χ3v) is 4.54. The molecule has 3 rings (SSSR count). The second kappa shape index (κ2) is 6.28. The largest absolute Gasteiger partial charge is 0.481 e. The molecule has 0 aliphatic rings. The van der Waals surface area contributed by atoms with Gasteiger partial charge in [-0.2, -0.15) is 5.10 Å². The number of anilines is 1. The van der Waals surface area contributed by atoms with E-state index in [1.165, 1.54) is 30.4 Å². The number of aryl methyl sites for hydroxylation is 1. The van der Waals surface area contributed by atoms with Crippen molar-refractivity contribution in [1.82, 2.24) is 19.7 Å². The molecule has 0 atom stereocenters. The van der Waals surface area contributed by atoms with Crippen LogP contribution in [0.2, 0.25) is 0 Å². The van der Waals surface area contributed by atoms with Gasteiger partial charge in [0.05, 0.1) is 31.4 Å². The van der Waals surface area contributed by atoms with Gasteiger partial charge in [0.2, 0.25) is 5.88 Å². The Bertz CT molecular complexity index is 951. The highest BCUT2D eigenvalue weighted by molar-refractivity contribution is 7.92. The molecule has 9 heteroatoms. The Morgan fingerprint density at radius 1 is 1.17 bits per heavy atom. The summed E-state index contributed by atoms with van der Waals surface area (Å²) in [4.78, 5) is 8.16. The van der Waals surface area contributed by atoms with Gasteiger partial charge in [-0.05, 0) is 30.7 Å². The van der Waals surface area contributed by atoms with E-state index in [1.807, 2.05) is 19.1 Å². The Hall–Kier alpha value is -2.94. The van der Waals surface area contributed by atoms with Gasteiger partial charge in [-0.25, -0.2) is 23.1 Å². The minimum absolute atomic E-state index is 0.0293. The number of nitrogens with zero attached hydrogens (tertiary/aromatic N) is 4. The topological polar surface area (TPSA) is 99.0 Å². The molecule has 0 radical (unpaired) electrons. The van der Waals surface area contributed by atoms with E-state index in [0.29, 0.717) is 17.4 Å². The van der Waals surface area contributed by atoms with E-state index < -0.39 is 10.0 Å². The summed E-state index contributed by atoms with van der Waals surface area (Å²) < 4.78 is 33.6. The Labute approximate surface area is 139 Å². The van der Waals surface area contributed by atoms with Crippen molar-refractivity contribution in [3.63, 3.8) is 0 Å². The van der Waals surface area contributed by atoms with Gasteiger partial charge >= 0.3 is 0 Å². The predicted octanol–water partition coefficient (Wildman–Crippen LogP) is 1.78. The second-order valence-corrected chi connectivity index (χ2v) is 6.69. The van der Waals surface area contributed by atoms with Crippen LogP contribution in [0.3, 0.4) is 0 Å². The van der Waals surface area contributed by atoms with Crippen LogP contribution in [-0.4, -0.2) is 35.3 Å². The summed E-state index contributed by atoms with van der Waals surface area (Å²) >= 11 is 0. The van der Waals surface area contributed by atoms with Crippen LogP contribution >= 0.6 is 0 Å². The molecule has 3 aromatic heterocycles. The average molecular weight is 345 g/mol. The van der Waals surface area contributed by atoms with Crippen molar-refractivity contribution in [3.8, 4) is 11.7 Å². The van der Waals surface area contributed by atoms with Crippen molar-refractivity contribution in [2.24, 2.45) is 0 Å². The van der Waals surface area contributed by atoms with Crippen molar-refractivity contribution >= 4 is 15.7 Å². The van der Waals surface area contributed by atoms with Crippen molar-refractivity contribution in [1.29, 1.82) is 0 Å². The second-order valence-electron chi connectivity index (χ2n) is 5.01. The molecule has 0 saturated carbocycles. The summed E-state index contributed by atoms with van der Waals surface area (Å²) in [6.07, 6.45) is 5.69. The van der Waals surface area contributed by atoms with Crippen LogP contribution in [0, 0.1) is 6.92 Å². The maximum Gasteiger partial charge on any atom is 0.265 e. The molecule has 1 N–H and O–H groups in total. The normalized spacial score (nSPS) is 11.2. The highest BCUT2D eigenvalue weighted by atomic mass is 32.2. The first-order valence-electron chi connectivity index (χ1n) is 6.98. The van der Waals surface area contributed by atoms with Gasteiger partial charge in [-0.15, -0.1) is 0 Å². The van der Waals surface area contributed by atoms with E-state index in [2.05, 4.69) is 19.8 Å². The molecule has 8 nitrogen and oxygen atoms in total. The van der Waals surface area contributed by atoms with E-state index in [9.17, 15) is 8.42 Å². The standard InChI is InChI=1S/C15H15N5O3S/c1-11-5-6-16-14(7-11)20-10-13(9-18-20)24(21,22)19-12-3-4-15(23-2)17-8-12/h3-10,19H,1-2H3. The lowest BCUT2D eigenvalue weighted by Gasteiger charge is -2.06. The summed E-state index contributed by atoms with van der Waals surface area (Å²) in [5, 5.41) is 4.06. The number of ether oxygens (including phenoxy) is 1. The Balaban J connectivity index is 1.85. The van der Waals surface area contributed by atoms with Gasteiger partial charge in [0.15, 0.2) is 5.82 Å². The first-order chi connectivity index (χ1) is 11.5. The van der Waals surface area contributed by atoms with Gasteiger partial charge in [-0.1, -0.05) is 0 Å². The van der Waals surface area contributed by atoms with Gasteiger partial charge in [-0.3, -0.25) is 4.72 Å². The SMILES string of the molecule is COc1ccc(NS(=O)(=O)c2cnn(-c3cc(C)ccn3)c2)cn1. The van der Waals surface area contributed by atoms with E-state index >= 15 is 0 Å². The fourth-order valence-corrected chi connectivity index (χ4v) is 2.96. The van der Waals surface area contributed by atoms with Crippen LogP contribution in [0.25, 0.3) is 5.82 Å². The third kappa shape index (κ3) is 3.35. The van der Waals surface area contributed by atoms with Crippen LogP contribution in [0.5, 0.6) is 5.88 Å². The Kier molecular flexibility index (Phi) is 4.17. The van der Waals surface area contributed by atoms with Gasteiger partial charge < -0.3 is 4.74 Å². The van der Waals surface area contributed by atoms with Gasteiger partial charge in [0.25, 0.3) is 10.0 Å². The summed E-state index contributed by atoms with van der Waals surface area (Å²) in [5.74, 6) is 0.943. The van der Waals surface area contributed by atoms with Gasteiger partial charge in [0, 0.05) is 12.3 Å². The number of aromatic nitrogens is 4. The molecule has 3 aromatic rings. The molecule has 0 saturated heterocycles. The average Bonchev–Trinajstić information content (AvgIpc) is 3.06. The number of hydrogen-bond donors (Lipinski definition) is 1. The van der Waals surface area contributed by atoms with Gasteiger partial charge in [0.1, 0.15) is 4.90 Å². The monoisotopic (exact) mass is 345 g/mol. The molecule has 0 fully saturated rings. The maximum atomic E-state index is 12.4. The zero-order chi connectivity index (χ0) is 17.2. The Morgan fingerprint density at radius 3 is 2.67 bits per heavy atom. The molecular weight excluding hydrogens is 330 g/mol. The lowest BCUT2D eigenvalue weighted by atomic mass is 10.3. The molecular formula is C15H15N5O3S. The van der Waals surface area contributed by atoms with Crippen LogP contribution in [0.1, 0.15) is 5.56 Å². The zero-order valence-corrected chi connectivity index (χ0v) is 13.9.